The highest BCUT2D eigenvalue weighted by molar-refractivity contribution is 14.0. The Morgan fingerprint density at radius 2 is 1.93 bits per heavy atom. The van der Waals surface area contributed by atoms with Crippen molar-refractivity contribution < 1.29 is 17.7 Å². The quantitative estimate of drug-likeness (QED) is 0.303. The van der Waals surface area contributed by atoms with Gasteiger partial charge in [-0.05, 0) is 12.8 Å². The van der Waals surface area contributed by atoms with Gasteiger partial charge in [-0.3, -0.25) is 9.79 Å². The average Bonchev–Trinajstić information content (AvgIpc) is 3.22. The van der Waals surface area contributed by atoms with Gasteiger partial charge in [-0.2, -0.15) is 4.31 Å². The van der Waals surface area contributed by atoms with Crippen LogP contribution in [-0.2, 0) is 20.6 Å². The summed E-state index contributed by atoms with van der Waals surface area (Å²) in [7, 11) is -1.78. The number of halogens is 1. The predicted molar refractivity (Wildman–Crippen MR) is 124 cm³/mol. The van der Waals surface area contributed by atoms with Crippen LogP contribution in [0.4, 0.5) is 0 Å². The number of guanidine groups is 1. The van der Waals surface area contributed by atoms with Crippen molar-refractivity contribution in [3.8, 4) is 0 Å². The number of piperazine rings is 1. The van der Waals surface area contributed by atoms with Crippen molar-refractivity contribution in [3.63, 3.8) is 0 Å². The molecule has 2 aliphatic rings. The van der Waals surface area contributed by atoms with E-state index in [1.165, 1.54) is 29.8 Å². The Kier molecular flexibility index (Phi) is 9.81. The van der Waals surface area contributed by atoms with E-state index in [1.54, 1.807) is 13.1 Å². The number of rotatable bonds is 6. The zero-order chi connectivity index (χ0) is 20.7. The first kappa shape index (κ1) is 24.9. The Balaban J connectivity index is 0.00000320. The molecule has 1 aliphatic carbocycles. The van der Waals surface area contributed by atoms with E-state index in [0.717, 1.165) is 12.8 Å². The van der Waals surface area contributed by atoms with Gasteiger partial charge in [0.2, 0.25) is 15.9 Å². The van der Waals surface area contributed by atoms with E-state index in [0.29, 0.717) is 37.8 Å². The Morgan fingerprint density at radius 3 is 2.53 bits per heavy atom. The van der Waals surface area contributed by atoms with Gasteiger partial charge in [-0.1, -0.05) is 24.4 Å². The van der Waals surface area contributed by atoms with Crippen LogP contribution in [0, 0.1) is 0 Å². The molecule has 30 heavy (non-hydrogen) atoms. The SMILES string of the molecule is CN=C(NCC(=O)NC1CCCCC1)N1CCN(S(=O)(=O)Cc2ccon2)CC1.I. The number of nitrogens with one attached hydrogen (secondary N) is 2. The highest BCUT2D eigenvalue weighted by atomic mass is 127. The molecule has 0 bridgehead atoms. The van der Waals surface area contributed by atoms with Gasteiger partial charge in [-0.25, -0.2) is 8.42 Å². The largest absolute Gasteiger partial charge is 0.364 e. The van der Waals surface area contributed by atoms with E-state index in [1.807, 2.05) is 4.90 Å². The van der Waals surface area contributed by atoms with Crippen LogP contribution in [0.15, 0.2) is 21.8 Å². The molecular formula is C18H31IN6O4S. The minimum Gasteiger partial charge on any atom is -0.364 e. The van der Waals surface area contributed by atoms with Crippen LogP contribution >= 0.6 is 24.0 Å². The Labute approximate surface area is 194 Å². The van der Waals surface area contributed by atoms with Gasteiger partial charge in [0, 0.05) is 45.3 Å². The third kappa shape index (κ3) is 7.08. The van der Waals surface area contributed by atoms with Crippen LogP contribution in [-0.4, -0.2) is 80.5 Å². The number of amides is 1. The van der Waals surface area contributed by atoms with Crippen molar-refractivity contribution in [3.05, 3.63) is 18.0 Å². The molecule has 1 aromatic rings. The molecule has 170 valence electrons. The van der Waals surface area contributed by atoms with E-state index in [9.17, 15) is 13.2 Å². The number of aromatic nitrogens is 1. The molecule has 0 unspecified atom stereocenters. The molecule has 1 saturated carbocycles. The number of aliphatic imine (C=N–C) groups is 1. The molecule has 2 fully saturated rings. The first-order valence-corrected chi connectivity index (χ1v) is 11.7. The monoisotopic (exact) mass is 554 g/mol. The second kappa shape index (κ2) is 11.8. The molecule has 0 aromatic carbocycles. The summed E-state index contributed by atoms with van der Waals surface area (Å²) in [6.45, 7) is 1.88. The number of sulfonamides is 1. The lowest BCUT2D eigenvalue weighted by atomic mass is 9.95. The zero-order valence-electron chi connectivity index (χ0n) is 17.2. The molecule has 12 heteroatoms. The summed E-state index contributed by atoms with van der Waals surface area (Å²) in [5.74, 6) is 0.405. The Bertz CT molecular complexity index is 788. The second-order valence-electron chi connectivity index (χ2n) is 7.44. The summed E-state index contributed by atoms with van der Waals surface area (Å²) in [6.07, 6.45) is 7.05. The molecule has 1 aliphatic heterocycles. The van der Waals surface area contributed by atoms with Gasteiger partial charge in [0.05, 0.1) is 12.2 Å². The summed E-state index contributed by atoms with van der Waals surface area (Å²) in [5, 5.41) is 9.84. The van der Waals surface area contributed by atoms with Crippen LogP contribution in [0.25, 0.3) is 0 Å². The minimum atomic E-state index is -3.44. The van der Waals surface area contributed by atoms with Crippen molar-refractivity contribution in [1.29, 1.82) is 0 Å². The van der Waals surface area contributed by atoms with Crippen molar-refractivity contribution in [2.75, 3.05) is 39.8 Å². The first-order valence-electron chi connectivity index (χ1n) is 10.1. The van der Waals surface area contributed by atoms with E-state index in [-0.39, 0.29) is 48.2 Å². The van der Waals surface area contributed by atoms with Crippen molar-refractivity contribution in [2.45, 2.75) is 43.9 Å². The van der Waals surface area contributed by atoms with Crippen LogP contribution < -0.4 is 10.6 Å². The van der Waals surface area contributed by atoms with Crippen LogP contribution in [0.3, 0.4) is 0 Å². The molecule has 1 aromatic heterocycles. The van der Waals surface area contributed by atoms with E-state index in [2.05, 4.69) is 20.8 Å². The molecule has 3 rings (SSSR count). The molecule has 2 heterocycles. The summed E-state index contributed by atoms with van der Waals surface area (Å²) < 4.78 is 31.2. The molecule has 1 saturated heterocycles. The third-order valence-corrected chi connectivity index (χ3v) is 7.15. The average molecular weight is 554 g/mol. The molecule has 0 atom stereocenters. The smallest absolute Gasteiger partial charge is 0.239 e. The van der Waals surface area contributed by atoms with Gasteiger partial charge >= 0.3 is 0 Å². The minimum absolute atomic E-state index is 0. The van der Waals surface area contributed by atoms with Gasteiger partial charge < -0.3 is 20.1 Å². The molecule has 0 radical (unpaired) electrons. The number of hydrogen-bond donors (Lipinski definition) is 2. The standard InChI is InChI=1S/C18H30N6O4S.HI/c1-19-18(20-13-17(25)21-15-5-3-2-4-6-15)23-8-10-24(11-9-23)29(26,27)14-16-7-12-28-22-16;/h7,12,15H,2-6,8-11,13-14H2,1H3,(H,19,20)(H,21,25);1H. The normalized spacial score (nSPS) is 19.2. The Morgan fingerprint density at radius 1 is 1.23 bits per heavy atom. The van der Waals surface area contributed by atoms with E-state index >= 15 is 0 Å². The summed E-state index contributed by atoms with van der Waals surface area (Å²) in [5.41, 5.74) is 0.397. The molecular weight excluding hydrogens is 523 g/mol. The van der Waals surface area contributed by atoms with Gasteiger partial charge in [0.1, 0.15) is 12.0 Å². The molecule has 2 N–H and O–H groups in total. The van der Waals surface area contributed by atoms with Crippen LogP contribution in [0.2, 0.25) is 0 Å². The van der Waals surface area contributed by atoms with Crippen LogP contribution in [0.1, 0.15) is 37.8 Å². The Hall–Kier alpha value is -1.41. The first-order chi connectivity index (χ1) is 14.0. The summed E-state index contributed by atoms with van der Waals surface area (Å²) >= 11 is 0. The molecule has 1 amide bonds. The summed E-state index contributed by atoms with van der Waals surface area (Å²) in [6, 6.07) is 1.83. The second-order valence-corrected chi connectivity index (χ2v) is 9.41. The van der Waals surface area contributed by atoms with Crippen molar-refractivity contribution in [2.24, 2.45) is 4.99 Å². The fraction of sp³-hybridized carbons (Fsp3) is 0.722. The maximum Gasteiger partial charge on any atom is 0.239 e. The number of nitrogens with zero attached hydrogens (tertiary/aromatic N) is 4. The van der Waals surface area contributed by atoms with E-state index < -0.39 is 10.0 Å². The molecule has 0 spiro atoms. The number of hydrogen-bond acceptors (Lipinski definition) is 6. The van der Waals surface area contributed by atoms with Gasteiger partial charge in [0.15, 0.2) is 5.96 Å². The highest BCUT2D eigenvalue weighted by Crippen LogP contribution is 2.17. The van der Waals surface area contributed by atoms with Gasteiger partial charge in [-0.15, -0.1) is 24.0 Å². The highest BCUT2D eigenvalue weighted by Gasteiger charge is 2.29. The van der Waals surface area contributed by atoms with Crippen molar-refractivity contribution >= 4 is 45.9 Å². The fourth-order valence-electron chi connectivity index (χ4n) is 3.79. The zero-order valence-corrected chi connectivity index (χ0v) is 20.4. The van der Waals surface area contributed by atoms with Crippen LogP contribution in [0.5, 0.6) is 0 Å². The lowest BCUT2D eigenvalue weighted by molar-refractivity contribution is -0.120. The lowest BCUT2D eigenvalue weighted by Crippen LogP contribution is -2.55. The lowest BCUT2D eigenvalue weighted by Gasteiger charge is -2.35. The third-order valence-electron chi connectivity index (χ3n) is 5.34. The number of carbonyl (C=O) groups is 1. The van der Waals surface area contributed by atoms with E-state index in [4.69, 9.17) is 4.52 Å². The fourth-order valence-corrected chi connectivity index (χ4v) is 5.21. The maximum absolute atomic E-state index is 12.5. The predicted octanol–water partition coefficient (Wildman–Crippen LogP) is 0.764. The van der Waals surface area contributed by atoms with Crippen molar-refractivity contribution in [1.82, 2.24) is 25.0 Å². The number of carbonyl (C=O) groups excluding carboxylic acids is 1. The maximum atomic E-state index is 12.5. The topological polar surface area (TPSA) is 120 Å². The molecule has 10 nitrogen and oxygen atoms in total. The summed E-state index contributed by atoms with van der Waals surface area (Å²) in [4.78, 5) is 18.4. The van der Waals surface area contributed by atoms with Gasteiger partial charge in [0.25, 0.3) is 0 Å².